The summed E-state index contributed by atoms with van der Waals surface area (Å²) in [6.07, 6.45) is 0.841. The van der Waals surface area contributed by atoms with Crippen molar-refractivity contribution in [2.75, 3.05) is 23.4 Å². The molecule has 2 aliphatic rings. The molecule has 0 radical (unpaired) electrons. The van der Waals surface area contributed by atoms with Crippen molar-refractivity contribution < 1.29 is 9.53 Å². The monoisotopic (exact) mass is 346 g/mol. The fourth-order valence-electron chi connectivity index (χ4n) is 3.71. The quantitative estimate of drug-likeness (QED) is 0.718. The molecule has 3 aromatic carbocycles. The zero-order chi connectivity index (χ0) is 17.8. The molecule has 0 atom stereocenters. The summed E-state index contributed by atoms with van der Waals surface area (Å²) < 4.78 is 5.43. The van der Waals surface area contributed by atoms with Gasteiger partial charge < -0.3 is 15.0 Å². The Hall–Kier alpha value is -3.41. The van der Waals surface area contributed by atoms with Crippen molar-refractivity contribution >= 4 is 23.0 Å². The molecule has 5 rings (SSSR count). The Labute approximate surface area is 148 Å². The molecule has 6 nitrogen and oxygen atoms in total. The summed E-state index contributed by atoms with van der Waals surface area (Å²) in [5.41, 5.74) is 3.26. The summed E-state index contributed by atoms with van der Waals surface area (Å²) in [6.45, 7) is 0.615. The van der Waals surface area contributed by atoms with Gasteiger partial charge in [-0.25, -0.2) is 0 Å². The number of amides is 1. The van der Waals surface area contributed by atoms with Gasteiger partial charge in [-0.1, -0.05) is 24.3 Å². The lowest BCUT2D eigenvalue weighted by atomic mass is 9.96. The molecular weight excluding hydrogens is 332 g/mol. The minimum absolute atomic E-state index is 0.0608. The van der Waals surface area contributed by atoms with Crippen molar-refractivity contribution in [3.63, 3.8) is 0 Å². The highest BCUT2D eigenvalue weighted by atomic mass is 16.5. The van der Waals surface area contributed by atoms with Gasteiger partial charge in [0.15, 0.2) is 6.61 Å². The molecule has 0 saturated carbocycles. The molecular formula is C20H14N2O4. The van der Waals surface area contributed by atoms with Gasteiger partial charge in [0.05, 0.1) is 11.3 Å². The van der Waals surface area contributed by atoms with Crippen LogP contribution in [0.5, 0.6) is 5.75 Å². The highest BCUT2D eigenvalue weighted by Crippen LogP contribution is 2.39. The van der Waals surface area contributed by atoms with E-state index in [1.807, 2.05) is 29.2 Å². The topological polar surface area (TPSA) is 75.7 Å². The van der Waals surface area contributed by atoms with Crippen LogP contribution < -0.4 is 25.8 Å². The maximum atomic E-state index is 12.3. The molecule has 0 spiro atoms. The van der Waals surface area contributed by atoms with Gasteiger partial charge in [0.25, 0.3) is 11.3 Å². The highest BCUT2D eigenvalue weighted by molar-refractivity contribution is 5.96. The largest absolute Gasteiger partial charge is 0.482 e. The fraction of sp³-hybridized carbons (Fsp3) is 0.150. The number of anilines is 3. The molecule has 0 bridgehead atoms. The van der Waals surface area contributed by atoms with Crippen LogP contribution >= 0.6 is 0 Å². The number of ether oxygens (including phenoxy) is 1. The molecule has 0 saturated heterocycles. The molecule has 0 aromatic heterocycles. The fourth-order valence-corrected chi connectivity index (χ4v) is 3.71. The van der Waals surface area contributed by atoms with Crippen LogP contribution in [-0.4, -0.2) is 19.1 Å². The first-order chi connectivity index (χ1) is 12.6. The lowest BCUT2D eigenvalue weighted by Crippen LogP contribution is -2.39. The molecule has 6 heteroatoms. The third kappa shape index (κ3) is 2.02. The Balaban J connectivity index is 1.61. The van der Waals surface area contributed by atoms with E-state index < -0.39 is 10.9 Å². The maximum absolute atomic E-state index is 12.3. The number of nitrogens with zero attached hydrogens (tertiary/aromatic N) is 1. The molecule has 1 amide bonds. The van der Waals surface area contributed by atoms with Gasteiger partial charge in [0.2, 0.25) is 5.43 Å². The van der Waals surface area contributed by atoms with Crippen LogP contribution in [0.1, 0.15) is 5.56 Å². The lowest BCUT2D eigenvalue weighted by Gasteiger charge is -2.24. The van der Waals surface area contributed by atoms with E-state index in [0.717, 1.165) is 12.1 Å². The first-order valence-electron chi connectivity index (χ1n) is 8.39. The molecule has 0 aliphatic carbocycles. The van der Waals surface area contributed by atoms with E-state index in [9.17, 15) is 14.4 Å². The number of carbonyl (C=O) groups excluding carboxylic acids is 1. The molecule has 0 unspecified atom stereocenters. The van der Waals surface area contributed by atoms with Gasteiger partial charge in [-0.15, -0.1) is 0 Å². The lowest BCUT2D eigenvalue weighted by molar-refractivity contribution is -0.118. The van der Waals surface area contributed by atoms with Crippen molar-refractivity contribution in [2.45, 2.75) is 6.42 Å². The summed E-state index contributed by atoms with van der Waals surface area (Å²) in [4.78, 5) is 38.0. The Kier molecular flexibility index (Phi) is 3.03. The van der Waals surface area contributed by atoms with Crippen LogP contribution in [0.25, 0.3) is 11.1 Å². The molecule has 3 aromatic rings. The van der Waals surface area contributed by atoms with Crippen molar-refractivity contribution in [1.82, 2.24) is 0 Å². The normalized spacial score (nSPS) is 15.4. The van der Waals surface area contributed by atoms with E-state index >= 15 is 0 Å². The van der Waals surface area contributed by atoms with E-state index in [1.54, 1.807) is 18.2 Å². The number of para-hydroxylation sites is 1. The molecule has 26 heavy (non-hydrogen) atoms. The zero-order valence-corrected chi connectivity index (χ0v) is 13.7. The molecule has 1 N–H and O–H groups in total. The van der Waals surface area contributed by atoms with Crippen molar-refractivity contribution in [3.05, 3.63) is 68.5 Å². The minimum Gasteiger partial charge on any atom is -0.482 e. The van der Waals surface area contributed by atoms with Crippen LogP contribution in [0.4, 0.5) is 17.1 Å². The predicted molar refractivity (Wildman–Crippen MR) is 98.1 cm³/mol. The van der Waals surface area contributed by atoms with E-state index in [0.29, 0.717) is 34.8 Å². The first-order valence-corrected chi connectivity index (χ1v) is 8.39. The van der Waals surface area contributed by atoms with Crippen molar-refractivity contribution in [3.8, 4) is 16.9 Å². The average molecular weight is 346 g/mol. The number of hydrogen-bond donors (Lipinski definition) is 1. The van der Waals surface area contributed by atoms with Gasteiger partial charge in [-0.05, 0) is 35.7 Å². The zero-order valence-electron chi connectivity index (χ0n) is 13.7. The maximum Gasteiger partial charge on any atom is 0.262 e. The minimum atomic E-state index is -0.482. The molecule has 128 valence electrons. The Morgan fingerprint density at radius 1 is 1.00 bits per heavy atom. The van der Waals surface area contributed by atoms with Gasteiger partial charge in [-0.3, -0.25) is 14.4 Å². The Morgan fingerprint density at radius 2 is 1.85 bits per heavy atom. The SMILES string of the molecule is O=C1COc2cc(-c3c(N4CCc5ccccc54)c(=O)c3=O)ccc2N1. The number of hydrogen-bond acceptors (Lipinski definition) is 5. The average Bonchev–Trinajstić information content (AvgIpc) is 3.08. The van der Waals surface area contributed by atoms with Crippen LogP contribution in [0.3, 0.4) is 0 Å². The standard InChI is InChI=1S/C20H14N2O4/c23-16-10-26-15-9-12(5-6-13(15)21-16)17-18(20(25)19(17)24)22-8-7-11-3-1-2-4-14(11)22/h1-6,9H,7-8,10H2,(H,21,23). The highest BCUT2D eigenvalue weighted by Gasteiger charge is 2.32. The van der Waals surface area contributed by atoms with Gasteiger partial charge in [-0.2, -0.15) is 0 Å². The second-order valence-electron chi connectivity index (χ2n) is 6.46. The second-order valence-corrected chi connectivity index (χ2v) is 6.46. The van der Waals surface area contributed by atoms with Crippen LogP contribution in [0.2, 0.25) is 0 Å². The predicted octanol–water partition coefficient (Wildman–Crippen LogP) is 1.97. The second kappa shape index (κ2) is 5.29. The first kappa shape index (κ1) is 14.9. The smallest absolute Gasteiger partial charge is 0.262 e. The van der Waals surface area contributed by atoms with E-state index in [4.69, 9.17) is 4.74 Å². The van der Waals surface area contributed by atoms with Gasteiger partial charge in [0, 0.05) is 12.2 Å². The van der Waals surface area contributed by atoms with E-state index in [2.05, 4.69) is 5.32 Å². The number of carbonyl (C=O) groups is 1. The van der Waals surface area contributed by atoms with E-state index in [1.165, 1.54) is 5.56 Å². The summed E-state index contributed by atoms with van der Waals surface area (Å²) in [5.74, 6) is 0.289. The van der Waals surface area contributed by atoms with Crippen molar-refractivity contribution in [2.24, 2.45) is 0 Å². The number of benzene rings is 2. The third-order valence-corrected chi connectivity index (χ3v) is 4.95. The van der Waals surface area contributed by atoms with Crippen LogP contribution in [0.15, 0.2) is 52.1 Å². The summed E-state index contributed by atoms with van der Waals surface area (Å²) in [7, 11) is 0. The number of rotatable bonds is 2. The van der Waals surface area contributed by atoms with Gasteiger partial charge >= 0.3 is 0 Å². The Morgan fingerprint density at radius 3 is 2.73 bits per heavy atom. The number of nitrogens with one attached hydrogen (secondary N) is 1. The summed E-state index contributed by atoms with van der Waals surface area (Å²) in [5, 5.41) is 2.72. The van der Waals surface area contributed by atoms with Crippen molar-refractivity contribution in [1.29, 1.82) is 0 Å². The molecule has 2 aliphatic heterocycles. The molecule has 2 heterocycles. The van der Waals surface area contributed by atoms with Crippen LogP contribution in [0, 0.1) is 0 Å². The van der Waals surface area contributed by atoms with E-state index in [-0.39, 0.29) is 12.5 Å². The third-order valence-electron chi connectivity index (χ3n) is 4.95. The Bertz CT molecular complexity index is 1140. The molecule has 0 fully saturated rings. The van der Waals surface area contributed by atoms with Gasteiger partial charge in [0.1, 0.15) is 11.4 Å². The number of fused-ring (bicyclic) bond motifs is 2. The van der Waals surface area contributed by atoms with Crippen LogP contribution in [-0.2, 0) is 11.2 Å². The summed E-state index contributed by atoms with van der Waals surface area (Å²) in [6, 6.07) is 13.0. The summed E-state index contributed by atoms with van der Waals surface area (Å²) >= 11 is 0.